The Morgan fingerprint density at radius 1 is 1.22 bits per heavy atom. The fourth-order valence-corrected chi connectivity index (χ4v) is 4.27. The number of rotatable bonds is 4. The van der Waals surface area contributed by atoms with Crippen LogP contribution in [0.1, 0.15) is 46.1 Å². The van der Waals surface area contributed by atoms with Gasteiger partial charge in [0.2, 0.25) is 10.0 Å². The molecule has 0 aliphatic carbocycles. The van der Waals surface area contributed by atoms with Gasteiger partial charge in [0, 0.05) is 6.42 Å². The molecular weight excluding hydrogens is 314 g/mol. The highest BCUT2D eigenvalue weighted by Crippen LogP contribution is 2.42. The molecule has 2 rings (SSSR count). The highest BCUT2D eigenvalue weighted by Gasteiger charge is 2.40. The maximum absolute atomic E-state index is 12.2. The largest absolute Gasteiger partial charge is 0.481 e. The van der Waals surface area contributed by atoms with Gasteiger partial charge in [-0.1, -0.05) is 38.1 Å². The third-order valence-corrected chi connectivity index (χ3v) is 5.04. The number of sulfonamides is 1. The van der Waals surface area contributed by atoms with E-state index in [1.807, 2.05) is 32.1 Å². The van der Waals surface area contributed by atoms with Gasteiger partial charge in [0.05, 0.1) is 17.5 Å². The smallest absolute Gasteiger partial charge is 0.303 e. The number of nitrogens with zero attached hydrogens (tertiary/aromatic N) is 1. The van der Waals surface area contributed by atoms with Crippen molar-refractivity contribution >= 4 is 27.8 Å². The van der Waals surface area contributed by atoms with E-state index in [0.717, 1.165) is 11.1 Å². The van der Waals surface area contributed by atoms with Crippen LogP contribution in [0.25, 0.3) is 6.08 Å². The van der Waals surface area contributed by atoms with Gasteiger partial charge in [-0.3, -0.25) is 9.10 Å². The lowest BCUT2D eigenvalue weighted by molar-refractivity contribution is -0.136. The van der Waals surface area contributed by atoms with Crippen molar-refractivity contribution in [3.63, 3.8) is 0 Å². The molecule has 1 N–H and O–H groups in total. The van der Waals surface area contributed by atoms with Crippen molar-refractivity contribution in [3.8, 4) is 0 Å². The number of anilines is 1. The van der Waals surface area contributed by atoms with Crippen molar-refractivity contribution in [3.05, 3.63) is 35.4 Å². The Morgan fingerprint density at radius 3 is 2.30 bits per heavy atom. The Labute approximate surface area is 138 Å². The van der Waals surface area contributed by atoms with E-state index < -0.39 is 21.5 Å². The Morgan fingerprint density at radius 2 is 1.78 bits per heavy atom. The van der Waals surface area contributed by atoms with Gasteiger partial charge in [-0.25, -0.2) is 8.42 Å². The first-order chi connectivity index (χ1) is 10.6. The summed E-state index contributed by atoms with van der Waals surface area (Å²) in [7, 11) is -3.47. The van der Waals surface area contributed by atoms with Crippen LogP contribution in [0, 0.1) is 0 Å². The van der Waals surface area contributed by atoms with E-state index in [2.05, 4.69) is 0 Å². The minimum absolute atomic E-state index is 0.0188. The lowest BCUT2D eigenvalue weighted by atomic mass is 9.85. The highest BCUT2D eigenvalue weighted by atomic mass is 32.2. The molecule has 0 atom stereocenters. The molecule has 0 saturated carbocycles. The van der Waals surface area contributed by atoms with E-state index in [-0.39, 0.29) is 6.42 Å². The van der Waals surface area contributed by atoms with Crippen LogP contribution >= 0.6 is 0 Å². The topological polar surface area (TPSA) is 74.7 Å². The highest BCUT2D eigenvalue weighted by molar-refractivity contribution is 7.92. The summed E-state index contributed by atoms with van der Waals surface area (Å²) in [5.74, 6) is -0.892. The van der Waals surface area contributed by atoms with Crippen LogP contribution in [0.3, 0.4) is 0 Å². The summed E-state index contributed by atoms with van der Waals surface area (Å²) >= 11 is 0. The van der Waals surface area contributed by atoms with E-state index in [4.69, 9.17) is 5.11 Å². The molecule has 128 valence electrons. The number of carbonyl (C=O) groups is 1. The molecule has 0 amide bonds. The van der Waals surface area contributed by atoms with E-state index in [9.17, 15) is 13.2 Å². The summed E-state index contributed by atoms with van der Waals surface area (Å²) < 4.78 is 25.8. The fourth-order valence-electron chi connectivity index (χ4n) is 2.80. The minimum Gasteiger partial charge on any atom is -0.481 e. The summed E-state index contributed by atoms with van der Waals surface area (Å²) in [6.45, 7) is 7.61. The van der Waals surface area contributed by atoms with Crippen molar-refractivity contribution in [1.82, 2.24) is 0 Å². The second-order valence-electron chi connectivity index (χ2n) is 5.71. The standard InChI is InChI=1S/C15H19NO4S.C2H6/c1-15(2)12(8-9-14(17)18)10-11-6-4-5-7-13(11)16(15)21(3,19)20;1-2/h4-7,10H,8-9H2,1-3H3,(H,17,18);1-2H3. The predicted octanol–water partition coefficient (Wildman–Crippen LogP) is 3.52. The molecule has 1 aliphatic rings. The molecule has 23 heavy (non-hydrogen) atoms. The molecule has 0 unspecified atom stereocenters. The van der Waals surface area contributed by atoms with E-state index >= 15 is 0 Å². The van der Waals surface area contributed by atoms with Crippen molar-refractivity contribution < 1.29 is 18.3 Å². The average Bonchev–Trinajstić information content (AvgIpc) is 2.44. The number of aliphatic carboxylic acids is 1. The maximum Gasteiger partial charge on any atom is 0.303 e. The molecule has 0 fully saturated rings. The first-order valence-electron chi connectivity index (χ1n) is 7.66. The second kappa shape index (κ2) is 7.17. The Bertz CT molecular complexity index is 705. The van der Waals surface area contributed by atoms with Gasteiger partial charge in [0.1, 0.15) is 0 Å². The average molecular weight is 339 g/mol. The number of benzene rings is 1. The number of hydrogen-bond acceptors (Lipinski definition) is 3. The van der Waals surface area contributed by atoms with Gasteiger partial charge in [-0.2, -0.15) is 0 Å². The van der Waals surface area contributed by atoms with E-state index in [1.165, 1.54) is 10.6 Å². The van der Waals surface area contributed by atoms with E-state index in [0.29, 0.717) is 12.1 Å². The Hall–Kier alpha value is -1.82. The van der Waals surface area contributed by atoms with Crippen molar-refractivity contribution in [1.29, 1.82) is 0 Å². The van der Waals surface area contributed by atoms with Gasteiger partial charge >= 0.3 is 5.97 Å². The van der Waals surface area contributed by atoms with Crippen molar-refractivity contribution in [2.45, 2.75) is 46.1 Å². The van der Waals surface area contributed by atoms with Crippen LogP contribution in [0.2, 0.25) is 0 Å². The second-order valence-corrected chi connectivity index (χ2v) is 7.54. The zero-order valence-corrected chi connectivity index (χ0v) is 15.1. The molecule has 1 aliphatic heterocycles. The molecule has 0 radical (unpaired) electrons. The van der Waals surface area contributed by atoms with Crippen molar-refractivity contribution in [2.24, 2.45) is 0 Å². The normalized spacial score (nSPS) is 15.9. The Kier molecular flexibility index (Phi) is 5.99. The number of carboxylic acids is 1. The van der Waals surface area contributed by atoms with E-state index in [1.54, 1.807) is 26.0 Å². The molecule has 0 saturated heterocycles. The quantitative estimate of drug-likeness (QED) is 0.911. The summed E-state index contributed by atoms with van der Waals surface area (Å²) in [5, 5.41) is 8.88. The predicted molar refractivity (Wildman–Crippen MR) is 94.0 cm³/mol. The summed E-state index contributed by atoms with van der Waals surface area (Å²) in [5.41, 5.74) is 1.44. The summed E-state index contributed by atoms with van der Waals surface area (Å²) in [6.07, 6.45) is 3.38. The molecule has 0 bridgehead atoms. The number of carboxylic acid groups (broad SMARTS) is 1. The van der Waals surface area contributed by atoms with Crippen molar-refractivity contribution in [2.75, 3.05) is 10.6 Å². The van der Waals surface area contributed by atoms with Crippen LogP contribution in [0.15, 0.2) is 29.8 Å². The minimum atomic E-state index is -3.47. The van der Waals surface area contributed by atoms with Gasteiger partial charge in [0.25, 0.3) is 0 Å². The van der Waals surface area contributed by atoms with Gasteiger partial charge < -0.3 is 5.11 Å². The molecular formula is C17H25NO4S. The number of hydrogen-bond donors (Lipinski definition) is 1. The lowest BCUT2D eigenvalue weighted by Crippen LogP contribution is -2.50. The first-order valence-corrected chi connectivity index (χ1v) is 9.51. The van der Waals surface area contributed by atoms with Gasteiger partial charge in [-0.05, 0) is 37.5 Å². The van der Waals surface area contributed by atoms with Gasteiger partial charge in [0.15, 0.2) is 0 Å². The molecule has 0 aromatic heterocycles. The van der Waals surface area contributed by atoms with Crippen LogP contribution in [-0.4, -0.2) is 31.3 Å². The molecule has 1 aromatic carbocycles. The maximum atomic E-state index is 12.2. The monoisotopic (exact) mass is 339 g/mol. The fraction of sp³-hybridized carbons (Fsp3) is 0.471. The zero-order chi connectivity index (χ0) is 17.8. The summed E-state index contributed by atoms with van der Waals surface area (Å²) in [6, 6.07) is 7.23. The Balaban J connectivity index is 0.00000127. The molecule has 5 nitrogen and oxygen atoms in total. The third kappa shape index (κ3) is 4.13. The van der Waals surface area contributed by atoms with Crippen LogP contribution in [-0.2, 0) is 14.8 Å². The van der Waals surface area contributed by atoms with Gasteiger partial charge in [-0.15, -0.1) is 0 Å². The van der Waals surface area contributed by atoms with Crippen LogP contribution in [0.5, 0.6) is 0 Å². The summed E-state index contributed by atoms with van der Waals surface area (Å²) in [4.78, 5) is 10.8. The number of fused-ring (bicyclic) bond motifs is 1. The lowest BCUT2D eigenvalue weighted by Gasteiger charge is -2.43. The van der Waals surface area contributed by atoms with Crippen LogP contribution < -0.4 is 4.31 Å². The SMILES string of the molecule is CC.CC1(C)C(CCC(=O)O)=Cc2ccccc2N1S(C)(=O)=O. The van der Waals surface area contributed by atoms with Crippen LogP contribution in [0.4, 0.5) is 5.69 Å². The molecule has 0 spiro atoms. The third-order valence-electron chi connectivity index (χ3n) is 3.72. The molecule has 6 heteroatoms. The molecule has 1 aromatic rings. The first kappa shape index (κ1) is 19.2. The molecule has 1 heterocycles. The zero-order valence-electron chi connectivity index (χ0n) is 14.3. The number of para-hydroxylation sites is 1.